The van der Waals surface area contributed by atoms with Gasteiger partial charge in [-0.15, -0.1) is 0 Å². The molecule has 0 aromatic rings. The van der Waals surface area contributed by atoms with Crippen molar-refractivity contribution in [2.24, 2.45) is 0 Å². The minimum atomic E-state index is 0.310. The van der Waals surface area contributed by atoms with Crippen LogP contribution in [0.5, 0.6) is 0 Å². The van der Waals surface area contributed by atoms with E-state index in [0.29, 0.717) is 21.0 Å². The van der Waals surface area contributed by atoms with Crippen LogP contribution in [-0.2, 0) is 4.79 Å². The van der Waals surface area contributed by atoms with Crippen LogP contribution >= 0.6 is 15.9 Å². The highest BCUT2D eigenvalue weighted by Crippen LogP contribution is 1.73. The van der Waals surface area contributed by atoms with E-state index < -0.39 is 0 Å². The summed E-state index contributed by atoms with van der Waals surface area (Å²) < 4.78 is 0. The molecule has 0 amide bonds. The van der Waals surface area contributed by atoms with Gasteiger partial charge < -0.3 is 4.79 Å². The summed E-state index contributed by atoms with van der Waals surface area (Å²) in [6.45, 7) is 0. The third kappa shape index (κ3) is 4.37. The van der Waals surface area contributed by atoms with E-state index in [1.54, 1.807) is 0 Å². The van der Waals surface area contributed by atoms with E-state index in [-0.39, 0.29) is 0 Å². The Hall–Kier alpha value is 0.367. The van der Waals surface area contributed by atoms with Crippen molar-refractivity contribution in [3.05, 3.63) is 0 Å². The van der Waals surface area contributed by atoms with Crippen molar-refractivity contribution in [3.8, 4) is 0 Å². The Labute approximate surface area is 42.3 Å². The highest BCUT2D eigenvalue weighted by molar-refractivity contribution is 9.09. The van der Waals surface area contributed by atoms with E-state index in [9.17, 15) is 4.79 Å². The van der Waals surface area contributed by atoms with Crippen molar-refractivity contribution in [2.75, 3.05) is 5.33 Å². The smallest absolute Gasteiger partial charge is 0.111 e. The Bertz CT molecular complexity index is 44.9. The molecule has 3 heteroatoms. The number of carbonyl (C=O) groups is 1. The zero-order valence-electron chi connectivity index (χ0n) is 2.99. The van der Waals surface area contributed by atoms with Gasteiger partial charge in [0.1, 0.15) is 5.41 Å². The van der Waals surface area contributed by atoms with Gasteiger partial charge in [-0.25, -0.2) is 0 Å². The summed E-state index contributed by atoms with van der Waals surface area (Å²) in [7, 11) is 0.684. The highest BCUT2D eigenvalue weighted by atomic mass is 79.9. The molecule has 0 N–H and O–H groups in total. The number of hydrogen-bond acceptors (Lipinski definition) is 1. The standard InChI is InChI=1S/C2H5BrOSi/c3-1-2(4)5/h1H2,5H3. The fraction of sp³-hybridized carbons (Fsp3) is 0.500. The predicted molar refractivity (Wildman–Crippen MR) is 28.7 cm³/mol. The Morgan fingerprint density at radius 1 is 2.00 bits per heavy atom. The van der Waals surface area contributed by atoms with Crippen LogP contribution in [0.2, 0.25) is 0 Å². The normalized spacial score (nSPS) is 8.20. The van der Waals surface area contributed by atoms with Crippen LogP contribution < -0.4 is 0 Å². The molecule has 30 valence electrons. The van der Waals surface area contributed by atoms with E-state index in [1.807, 2.05) is 0 Å². The third-order valence-corrected chi connectivity index (χ3v) is 2.37. The minimum Gasteiger partial charge on any atom is -0.306 e. The van der Waals surface area contributed by atoms with Crippen LogP contribution in [-0.4, -0.2) is 21.0 Å². The van der Waals surface area contributed by atoms with Gasteiger partial charge in [-0.1, -0.05) is 15.9 Å². The second-order valence-corrected chi connectivity index (χ2v) is 2.51. The lowest BCUT2D eigenvalue weighted by Crippen LogP contribution is -1.93. The van der Waals surface area contributed by atoms with Crippen molar-refractivity contribution < 1.29 is 4.79 Å². The molecule has 0 atom stereocenters. The number of alkyl halides is 1. The number of hydrogen-bond donors (Lipinski definition) is 0. The molecule has 0 rings (SSSR count). The largest absolute Gasteiger partial charge is 0.306 e. The van der Waals surface area contributed by atoms with Crippen LogP contribution in [0.4, 0.5) is 0 Å². The van der Waals surface area contributed by atoms with Gasteiger partial charge in [-0.3, -0.25) is 0 Å². The lowest BCUT2D eigenvalue weighted by atomic mass is 10.9. The molecule has 0 aliphatic rings. The molecule has 0 saturated carbocycles. The van der Waals surface area contributed by atoms with E-state index >= 15 is 0 Å². The fourth-order valence-corrected chi connectivity index (χ4v) is 0. The molecule has 0 aromatic heterocycles. The molecule has 0 bridgehead atoms. The first kappa shape index (κ1) is 5.37. The Kier molecular flexibility index (Phi) is 2.79. The molecule has 0 heterocycles. The van der Waals surface area contributed by atoms with Crippen LogP contribution in [0.25, 0.3) is 0 Å². The van der Waals surface area contributed by atoms with Gasteiger partial charge in [0.15, 0.2) is 0 Å². The van der Waals surface area contributed by atoms with E-state index in [4.69, 9.17) is 0 Å². The van der Waals surface area contributed by atoms with Crippen LogP contribution in [0.1, 0.15) is 0 Å². The van der Waals surface area contributed by atoms with Gasteiger partial charge in [0, 0.05) is 0 Å². The van der Waals surface area contributed by atoms with Crippen molar-refractivity contribution in [1.29, 1.82) is 0 Å². The van der Waals surface area contributed by atoms with Gasteiger partial charge in [0.25, 0.3) is 0 Å². The number of halogens is 1. The summed E-state index contributed by atoms with van der Waals surface area (Å²) in [6, 6.07) is 0. The second-order valence-electron chi connectivity index (χ2n) is 0.836. The van der Waals surface area contributed by atoms with Crippen LogP contribution in [0.15, 0.2) is 0 Å². The molecule has 0 aliphatic carbocycles. The van der Waals surface area contributed by atoms with Crippen LogP contribution in [0, 0.1) is 0 Å². The summed E-state index contributed by atoms with van der Waals surface area (Å²) in [5, 5.41) is 0.851. The maximum atomic E-state index is 9.83. The minimum absolute atomic E-state index is 0.310. The first-order valence-electron chi connectivity index (χ1n) is 1.32. The van der Waals surface area contributed by atoms with Gasteiger partial charge >= 0.3 is 0 Å². The molecule has 0 unspecified atom stereocenters. The maximum Gasteiger partial charge on any atom is 0.111 e. The summed E-state index contributed by atoms with van der Waals surface area (Å²) in [4.78, 5) is 9.83. The van der Waals surface area contributed by atoms with Crippen LogP contribution in [0.3, 0.4) is 0 Å². The molecule has 1 nitrogen and oxygen atoms in total. The topological polar surface area (TPSA) is 17.1 Å². The molecule has 0 aliphatic heterocycles. The third-order valence-electron chi connectivity index (χ3n) is 0.188. The van der Waals surface area contributed by atoms with Gasteiger partial charge in [-0.05, 0) is 0 Å². The fourth-order valence-electron chi connectivity index (χ4n) is 0. The molecular formula is C2H5BrOSi. The van der Waals surface area contributed by atoms with E-state index in [1.165, 1.54) is 0 Å². The average molecular weight is 153 g/mol. The summed E-state index contributed by atoms with van der Waals surface area (Å²) >= 11 is 3.00. The number of rotatable bonds is 1. The average Bonchev–Trinajstić information content (AvgIpc) is 1.38. The first-order valence-corrected chi connectivity index (χ1v) is 3.45. The molecule has 5 heavy (non-hydrogen) atoms. The zero-order valence-corrected chi connectivity index (χ0v) is 6.58. The SMILES string of the molecule is O=C([SiH3])CBr. The summed E-state index contributed by atoms with van der Waals surface area (Å²) in [5.41, 5.74) is 0. The molecule has 0 radical (unpaired) electrons. The second kappa shape index (κ2) is 2.60. The van der Waals surface area contributed by atoms with Gasteiger partial charge in [0.05, 0.1) is 15.6 Å². The number of carbonyl (C=O) groups excluding carboxylic acids is 1. The van der Waals surface area contributed by atoms with E-state index in [0.717, 1.165) is 0 Å². The van der Waals surface area contributed by atoms with Gasteiger partial charge in [-0.2, -0.15) is 0 Å². The van der Waals surface area contributed by atoms with Crippen molar-refractivity contribution >= 4 is 31.6 Å². The van der Waals surface area contributed by atoms with Crippen molar-refractivity contribution in [1.82, 2.24) is 0 Å². The predicted octanol–water partition coefficient (Wildman–Crippen LogP) is -0.727. The molecular weight excluding hydrogens is 148 g/mol. The monoisotopic (exact) mass is 152 g/mol. The highest BCUT2D eigenvalue weighted by Gasteiger charge is 1.78. The Balaban J connectivity index is 2.85. The summed E-state index contributed by atoms with van der Waals surface area (Å²) in [5.74, 6) is 0. The van der Waals surface area contributed by atoms with Gasteiger partial charge in [0.2, 0.25) is 0 Å². The first-order chi connectivity index (χ1) is 2.27. The molecule has 0 fully saturated rings. The molecule has 0 spiro atoms. The van der Waals surface area contributed by atoms with Crippen molar-refractivity contribution in [2.45, 2.75) is 0 Å². The quantitative estimate of drug-likeness (QED) is 0.358. The maximum absolute atomic E-state index is 9.83. The zero-order chi connectivity index (χ0) is 4.28. The van der Waals surface area contributed by atoms with Crippen molar-refractivity contribution in [3.63, 3.8) is 0 Å². The summed E-state index contributed by atoms with van der Waals surface area (Å²) in [6.07, 6.45) is 0. The van der Waals surface area contributed by atoms with E-state index in [2.05, 4.69) is 15.9 Å². The lowest BCUT2D eigenvalue weighted by Gasteiger charge is -1.69. The molecule has 0 saturated heterocycles. The Morgan fingerprint density at radius 3 is 2.20 bits per heavy atom. The molecule has 0 aromatic carbocycles. The Morgan fingerprint density at radius 2 is 2.20 bits per heavy atom. The lowest BCUT2D eigenvalue weighted by molar-refractivity contribution is -0.109.